The molecule has 1 aromatic carbocycles. The number of nitrogens with zero attached hydrogens (tertiary/aromatic N) is 1. The fourth-order valence-corrected chi connectivity index (χ4v) is 1.99. The first-order valence-electron chi connectivity index (χ1n) is 4.74. The second-order valence-corrected chi connectivity index (χ2v) is 3.64. The number of nitro groups is 1. The van der Waals surface area contributed by atoms with Crippen LogP contribution >= 0.6 is 0 Å². The van der Waals surface area contributed by atoms with Crippen LogP contribution in [0, 0.1) is 10.1 Å². The van der Waals surface area contributed by atoms with E-state index in [0.29, 0.717) is 5.69 Å². The van der Waals surface area contributed by atoms with E-state index in [1.54, 1.807) is 6.07 Å². The number of nitrogens with two attached hydrogens (primary N) is 1. The minimum absolute atomic E-state index is 0.114. The smallest absolute Gasteiger partial charge is 0.271 e. The van der Waals surface area contributed by atoms with Gasteiger partial charge < -0.3 is 5.73 Å². The molecule has 4 nitrogen and oxygen atoms in total. The molecule has 0 radical (unpaired) electrons. The van der Waals surface area contributed by atoms with Gasteiger partial charge in [0.05, 0.1) is 4.92 Å². The van der Waals surface area contributed by atoms with Crippen LogP contribution in [0.3, 0.4) is 0 Å². The van der Waals surface area contributed by atoms with Gasteiger partial charge in [-0.15, -0.1) is 0 Å². The van der Waals surface area contributed by atoms with Gasteiger partial charge >= 0.3 is 0 Å². The third-order valence-electron chi connectivity index (χ3n) is 2.70. The van der Waals surface area contributed by atoms with E-state index >= 15 is 0 Å². The maximum Gasteiger partial charge on any atom is 0.271 e. The largest absolute Gasteiger partial charge is 0.398 e. The fraction of sp³-hybridized carbons (Fsp3) is 0.400. The van der Waals surface area contributed by atoms with Gasteiger partial charge in [0.1, 0.15) is 0 Å². The quantitative estimate of drug-likeness (QED) is 0.420. The van der Waals surface area contributed by atoms with E-state index in [9.17, 15) is 10.1 Å². The van der Waals surface area contributed by atoms with Crippen molar-refractivity contribution in [3.05, 3.63) is 33.4 Å². The molecule has 14 heavy (non-hydrogen) atoms. The highest BCUT2D eigenvalue weighted by Gasteiger charge is 2.17. The summed E-state index contributed by atoms with van der Waals surface area (Å²) in [6.07, 6.45) is 4.11. The number of aryl methyl sites for hydroxylation is 1. The van der Waals surface area contributed by atoms with Crippen molar-refractivity contribution in [1.29, 1.82) is 0 Å². The Morgan fingerprint density at radius 3 is 2.71 bits per heavy atom. The summed E-state index contributed by atoms with van der Waals surface area (Å²) in [6.45, 7) is 0. The summed E-state index contributed by atoms with van der Waals surface area (Å²) >= 11 is 0. The fourth-order valence-electron chi connectivity index (χ4n) is 1.99. The number of hydrogen-bond acceptors (Lipinski definition) is 3. The van der Waals surface area contributed by atoms with Gasteiger partial charge in [0.15, 0.2) is 0 Å². The van der Waals surface area contributed by atoms with E-state index in [1.165, 1.54) is 6.07 Å². The summed E-state index contributed by atoms with van der Waals surface area (Å²) in [5.41, 5.74) is 8.64. The number of fused-ring (bicyclic) bond motifs is 1. The van der Waals surface area contributed by atoms with E-state index in [2.05, 4.69) is 0 Å². The molecule has 0 fully saturated rings. The Hall–Kier alpha value is -1.58. The lowest BCUT2D eigenvalue weighted by Gasteiger charge is -2.16. The second kappa shape index (κ2) is 3.29. The van der Waals surface area contributed by atoms with E-state index < -0.39 is 0 Å². The van der Waals surface area contributed by atoms with E-state index in [-0.39, 0.29) is 10.6 Å². The lowest BCUT2D eigenvalue weighted by Crippen LogP contribution is -2.07. The molecule has 1 aliphatic rings. The molecule has 0 atom stereocenters. The average molecular weight is 192 g/mol. The van der Waals surface area contributed by atoms with Gasteiger partial charge in [-0.05, 0) is 36.8 Å². The highest BCUT2D eigenvalue weighted by Crippen LogP contribution is 2.30. The highest BCUT2D eigenvalue weighted by atomic mass is 16.6. The van der Waals surface area contributed by atoms with Crippen LogP contribution in [0.15, 0.2) is 12.1 Å². The number of hydrogen-bond donors (Lipinski definition) is 1. The van der Waals surface area contributed by atoms with E-state index in [4.69, 9.17) is 5.73 Å². The minimum Gasteiger partial charge on any atom is -0.398 e. The standard InChI is InChI=1S/C10H12N2O2/c11-10-6-8(12(13)14)5-7-3-1-2-4-9(7)10/h5-6H,1-4,11H2. The number of nitro benzene ring substituents is 1. The van der Waals surface area contributed by atoms with E-state index in [0.717, 1.165) is 36.8 Å². The summed E-state index contributed by atoms with van der Waals surface area (Å²) < 4.78 is 0. The Morgan fingerprint density at radius 2 is 2.00 bits per heavy atom. The number of rotatable bonds is 1. The van der Waals surface area contributed by atoms with Crippen molar-refractivity contribution in [3.8, 4) is 0 Å². The van der Waals surface area contributed by atoms with Crippen LogP contribution in [-0.4, -0.2) is 4.92 Å². The Morgan fingerprint density at radius 1 is 1.29 bits per heavy atom. The zero-order chi connectivity index (χ0) is 10.1. The summed E-state index contributed by atoms with van der Waals surface area (Å²) in [5.74, 6) is 0. The Bertz CT molecular complexity index is 388. The lowest BCUT2D eigenvalue weighted by atomic mass is 9.90. The van der Waals surface area contributed by atoms with Gasteiger partial charge in [-0.3, -0.25) is 10.1 Å². The van der Waals surface area contributed by atoms with Crippen molar-refractivity contribution in [2.75, 3.05) is 5.73 Å². The predicted octanol–water partition coefficient (Wildman–Crippen LogP) is 2.06. The van der Waals surface area contributed by atoms with Crippen molar-refractivity contribution >= 4 is 11.4 Å². The molecule has 0 spiro atoms. The molecule has 0 saturated carbocycles. The van der Waals surface area contributed by atoms with Crippen molar-refractivity contribution < 1.29 is 4.92 Å². The molecule has 0 aliphatic heterocycles. The molecule has 0 amide bonds. The molecule has 2 rings (SSSR count). The monoisotopic (exact) mass is 192 g/mol. The van der Waals surface area contributed by atoms with Gasteiger partial charge in [-0.2, -0.15) is 0 Å². The molecule has 1 aliphatic carbocycles. The predicted molar refractivity (Wildman–Crippen MR) is 54.2 cm³/mol. The third-order valence-corrected chi connectivity index (χ3v) is 2.70. The van der Waals surface area contributed by atoms with Crippen molar-refractivity contribution in [2.24, 2.45) is 0 Å². The Kier molecular flexibility index (Phi) is 2.11. The first-order chi connectivity index (χ1) is 6.68. The molecule has 2 N–H and O–H groups in total. The molecule has 0 bridgehead atoms. The van der Waals surface area contributed by atoms with Crippen LogP contribution in [0.1, 0.15) is 24.0 Å². The SMILES string of the molecule is Nc1cc([N+](=O)[O-])cc2c1CCCC2. The van der Waals surface area contributed by atoms with Crippen LogP contribution in [-0.2, 0) is 12.8 Å². The van der Waals surface area contributed by atoms with Crippen LogP contribution in [0.4, 0.5) is 11.4 Å². The zero-order valence-electron chi connectivity index (χ0n) is 7.82. The Labute approximate surface area is 81.9 Å². The summed E-state index contributed by atoms with van der Waals surface area (Å²) in [5, 5.41) is 10.6. The first kappa shape index (κ1) is 8.99. The number of anilines is 1. The Balaban J connectivity index is 2.51. The number of nitrogen functional groups attached to an aromatic ring is 1. The number of non-ortho nitro benzene ring substituents is 1. The van der Waals surface area contributed by atoms with Crippen LogP contribution in [0.5, 0.6) is 0 Å². The third kappa shape index (κ3) is 1.43. The molecule has 74 valence electrons. The van der Waals surface area contributed by atoms with Gasteiger partial charge in [0.2, 0.25) is 0 Å². The van der Waals surface area contributed by atoms with Crippen LogP contribution in [0.25, 0.3) is 0 Å². The van der Waals surface area contributed by atoms with Gasteiger partial charge in [0, 0.05) is 17.8 Å². The highest BCUT2D eigenvalue weighted by molar-refractivity contribution is 5.58. The van der Waals surface area contributed by atoms with E-state index in [1.807, 2.05) is 0 Å². The number of benzene rings is 1. The normalized spacial score (nSPS) is 14.9. The molecule has 0 aromatic heterocycles. The topological polar surface area (TPSA) is 69.2 Å². The van der Waals surface area contributed by atoms with Crippen molar-refractivity contribution in [3.63, 3.8) is 0 Å². The van der Waals surface area contributed by atoms with Gasteiger partial charge in [-0.1, -0.05) is 0 Å². The molecular formula is C10H12N2O2. The molecule has 4 heteroatoms. The summed E-state index contributed by atoms with van der Waals surface area (Å²) in [4.78, 5) is 10.2. The summed E-state index contributed by atoms with van der Waals surface area (Å²) in [6, 6.07) is 3.12. The molecule has 0 unspecified atom stereocenters. The van der Waals surface area contributed by atoms with Crippen molar-refractivity contribution in [2.45, 2.75) is 25.7 Å². The second-order valence-electron chi connectivity index (χ2n) is 3.64. The first-order valence-corrected chi connectivity index (χ1v) is 4.74. The average Bonchev–Trinajstić information content (AvgIpc) is 2.17. The van der Waals surface area contributed by atoms with Gasteiger partial charge in [0.25, 0.3) is 5.69 Å². The molecule has 1 aromatic rings. The lowest BCUT2D eigenvalue weighted by molar-refractivity contribution is -0.384. The van der Waals surface area contributed by atoms with Crippen LogP contribution < -0.4 is 5.73 Å². The zero-order valence-corrected chi connectivity index (χ0v) is 7.82. The maximum absolute atomic E-state index is 10.6. The van der Waals surface area contributed by atoms with Crippen LogP contribution in [0.2, 0.25) is 0 Å². The maximum atomic E-state index is 10.6. The minimum atomic E-state index is -0.384. The molecule has 0 heterocycles. The summed E-state index contributed by atoms with van der Waals surface area (Å²) in [7, 11) is 0. The molecular weight excluding hydrogens is 180 g/mol. The van der Waals surface area contributed by atoms with Gasteiger partial charge in [-0.25, -0.2) is 0 Å². The van der Waals surface area contributed by atoms with Crippen molar-refractivity contribution in [1.82, 2.24) is 0 Å². The molecule has 0 saturated heterocycles.